The summed E-state index contributed by atoms with van der Waals surface area (Å²) in [5, 5.41) is 9.00. The van der Waals surface area contributed by atoms with Gasteiger partial charge < -0.3 is 30.7 Å². The second-order valence-corrected chi connectivity index (χ2v) is 11.5. The summed E-state index contributed by atoms with van der Waals surface area (Å²) in [7, 11) is 0. The van der Waals surface area contributed by atoms with Gasteiger partial charge in [-0.05, 0) is 49.4 Å². The lowest BCUT2D eigenvalue weighted by atomic mass is 10.0. The molecule has 4 unspecified atom stereocenters. The van der Waals surface area contributed by atoms with E-state index >= 15 is 0 Å². The summed E-state index contributed by atoms with van der Waals surface area (Å²) in [6.45, 7) is 9.93. The second-order valence-electron chi connectivity index (χ2n) is 11.5. The molecule has 11 heteroatoms. The SMILES string of the molecule is CCCC(NC(C)=O)C(=O)N1CC(=O)C2C1CCN2C(=O)CC(C)CCNC(=O)c1ccc(N2CCNCC2)cc1. The van der Waals surface area contributed by atoms with Crippen LogP contribution in [0.25, 0.3) is 0 Å². The van der Waals surface area contributed by atoms with Gasteiger partial charge in [-0.15, -0.1) is 0 Å². The molecule has 1 aromatic rings. The Hall–Kier alpha value is -3.47. The van der Waals surface area contributed by atoms with E-state index in [4.69, 9.17) is 0 Å². The van der Waals surface area contributed by atoms with Crippen LogP contribution in [0.1, 0.15) is 63.2 Å². The maximum absolute atomic E-state index is 13.2. The van der Waals surface area contributed by atoms with Crippen LogP contribution in [0, 0.1) is 5.92 Å². The van der Waals surface area contributed by atoms with Crippen LogP contribution in [0.5, 0.6) is 0 Å². The van der Waals surface area contributed by atoms with Gasteiger partial charge in [0.05, 0.1) is 12.6 Å². The lowest BCUT2D eigenvalue weighted by molar-refractivity contribution is -0.137. The molecular weight excluding hydrogens is 524 g/mol. The Labute approximate surface area is 242 Å². The minimum atomic E-state index is -0.658. The van der Waals surface area contributed by atoms with Gasteiger partial charge in [0.2, 0.25) is 17.7 Å². The van der Waals surface area contributed by atoms with E-state index in [1.165, 1.54) is 6.92 Å². The number of piperazine rings is 1. The van der Waals surface area contributed by atoms with Gasteiger partial charge in [-0.3, -0.25) is 24.0 Å². The first-order valence-electron chi connectivity index (χ1n) is 14.9. The Morgan fingerprint density at radius 2 is 1.73 bits per heavy atom. The molecule has 3 aliphatic rings. The highest BCUT2D eigenvalue weighted by Gasteiger charge is 2.52. The Morgan fingerprint density at radius 1 is 1.02 bits per heavy atom. The number of carbonyl (C=O) groups excluding carboxylic acids is 5. The molecule has 4 amide bonds. The number of amides is 4. The van der Waals surface area contributed by atoms with Gasteiger partial charge >= 0.3 is 0 Å². The van der Waals surface area contributed by atoms with E-state index < -0.39 is 12.1 Å². The molecule has 3 heterocycles. The van der Waals surface area contributed by atoms with Gasteiger partial charge in [-0.25, -0.2) is 0 Å². The fourth-order valence-electron chi connectivity index (χ4n) is 6.18. The molecule has 0 bridgehead atoms. The summed E-state index contributed by atoms with van der Waals surface area (Å²) < 4.78 is 0. The third-order valence-corrected chi connectivity index (χ3v) is 8.34. The van der Waals surface area contributed by atoms with Gasteiger partial charge in [0.1, 0.15) is 12.1 Å². The molecule has 3 aliphatic heterocycles. The lowest BCUT2D eigenvalue weighted by Gasteiger charge is -2.29. The molecule has 3 N–H and O–H groups in total. The van der Waals surface area contributed by atoms with Gasteiger partial charge in [-0.1, -0.05) is 20.3 Å². The average molecular weight is 569 g/mol. The zero-order chi connectivity index (χ0) is 29.5. The van der Waals surface area contributed by atoms with Crippen LogP contribution in [0.3, 0.4) is 0 Å². The monoisotopic (exact) mass is 568 g/mol. The molecule has 0 spiro atoms. The maximum Gasteiger partial charge on any atom is 0.251 e. The quantitative estimate of drug-likeness (QED) is 0.362. The van der Waals surface area contributed by atoms with E-state index in [1.54, 1.807) is 9.80 Å². The minimum Gasteiger partial charge on any atom is -0.369 e. The normalized spacial score (nSPS) is 21.8. The van der Waals surface area contributed by atoms with Crippen LogP contribution in [0.2, 0.25) is 0 Å². The van der Waals surface area contributed by atoms with E-state index in [0.717, 1.165) is 38.3 Å². The Kier molecular flexibility index (Phi) is 10.4. The number of carbonyl (C=O) groups is 5. The van der Waals surface area contributed by atoms with Crippen LogP contribution in [0.15, 0.2) is 24.3 Å². The summed E-state index contributed by atoms with van der Waals surface area (Å²) in [4.78, 5) is 69.1. The molecule has 3 fully saturated rings. The standard InChI is InChI=1S/C30H44N6O5/c1-4-5-24(33-21(3)37)30(41)36-19-26(38)28-25(36)11-15-35(28)27(39)18-20(2)10-12-32-29(40)22-6-8-23(9-7-22)34-16-13-31-14-17-34/h6-9,20,24-25,28,31H,4-5,10-19H2,1-3H3,(H,32,40)(H,33,37). The fraction of sp³-hybridized carbons (Fsp3) is 0.633. The average Bonchev–Trinajstić information content (AvgIpc) is 3.54. The summed E-state index contributed by atoms with van der Waals surface area (Å²) in [6.07, 6.45) is 2.67. The van der Waals surface area contributed by atoms with Crippen molar-refractivity contribution in [2.45, 2.75) is 71.0 Å². The molecule has 4 atom stereocenters. The van der Waals surface area contributed by atoms with Crippen LogP contribution < -0.4 is 20.9 Å². The first kappa shape index (κ1) is 30.5. The maximum atomic E-state index is 13.2. The summed E-state index contributed by atoms with van der Waals surface area (Å²) in [6, 6.07) is 6.02. The Morgan fingerprint density at radius 3 is 2.39 bits per heavy atom. The van der Waals surface area contributed by atoms with E-state index in [0.29, 0.717) is 37.9 Å². The van der Waals surface area contributed by atoms with Crippen LogP contribution in [-0.2, 0) is 19.2 Å². The summed E-state index contributed by atoms with van der Waals surface area (Å²) >= 11 is 0. The summed E-state index contributed by atoms with van der Waals surface area (Å²) in [5.74, 6) is -0.889. The van der Waals surface area contributed by atoms with Crippen molar-refractivity contribution in [3.8, 4) is 0 Å². The van der Waals surface area contributed by atoms with E-state index in [1.807, 2.05) is 38.1 Å². The highest BCUT2D eigenvalue weighted by molar-refractivity contribution is 5.99. The molecule has 3 saturated heterocycles. The van der Waals surface area contributed by atoms with Crippen molar-refractivity contribution in [1.29, 1.82) is 0 Å². The third-order valence-electron chi connectivity index (χ3n) is 8.34. The van der Waals surface area contributed by atoms with Crippen LogP contribution >= 0.6 is 0 Å². The van der Waals surface area contributed by atoms with Crippen molar-refractivity contribution in [3.63, 3.8) is 0 Å². The van der Waals surface area contributed by atoms with Crippen molar-refractivity contribution >= 4 is 35.1 Å². The van der Waals surface area contributed by atoms with Gasteiger partial charge in [-0.2, -0.15) is 0 Å². The van der Waals surface area contributed by atoms with Gasteiger partial charge in [0, 0.05) is 63.9 Å². The zero-order valence-corrected chi connectivity index (χ0v) is 24.5. The molecule has 0 aliphatic carbocycles. The third kappa shape index (κ3) is 7.44. The van der Waals surface area contributed by atoms with Crippen molar-refractivity contribution in [2.75, 3.05) is 50.7 Å². The van der Waals surface area contributed by atoms with Gasteiger partial charge in [0.15, 0.2) is 5.78 Å². The van der Waals surface area contributed by atoms with Crippen LogP contribution in [0.4, 0.5) is 5.69 Å². The minimum absolute atomic E-state index is 0.0138. The topological polar surface area (TPSA) is 131 Å². The van der Waals surface area contributed by atoms with Crippen molar-refractivity contribution in [1.82, 2.24) is 25.8 Å². The number of anilines is 1. The fourth-order valence-corrected chi connectivity index (χ4v) is 6.18. The largest absolute Gasteiger partial charge is 0.369 e. The lowest BCUT2D eigenvalue weighted by Crippen LogP contribution is -2.50. The number of Topliss-reactive ketones (excluding diaryl/α,β-unsaturated/α-hetero) is 1. The van der Waals surface area contributed by atoms with Crippen molar-refractivity contribution in [3.05, 3.63) is 29.8 Å². The van der Waals surface area contributed by atoms with Crippen LogP contribution in [-0.4, -0.2) is 103 Å². The predicted molar refractivity (Wildman–Crippen MR) is 155 cm³/mol. The predicted octanol–water partition coefficient (Wildman–Crippen LogP) is 0.928. The number of nitrogens with zero attached hydrogens (tertiary/aromatic N) is 3. The molecule has 1 aromatic carbocycles. The first-order valence-corrected chi connectivity index (χ1v) is 14.9. The number of ketones is 1. The zero-order valence-electron chi connectivity index (χ0n) is 24.5. The first-order chi connectivity index (χ1) is 19.7. The number of likely N-dealkylation sites (tertiary alicyclic amines) is 2. The van der Waals surface area contributed by atoms with Crippen molar-refractivity contribution < 1.29 is 24.0 Å². The number of benzene rings is 1. The van der Waals surface area contributed by atoms with E-state index in [2.05, 4.69) is 20.9 Å². The number of hydrogen-bond acceptors (Lipinski definition) is 7. The molecule has 4 rings (SSSR count). The molecule has 224 valence electrons. The molecule has 0 aromatic heterocycles. The number of fused-ring (bicyclic) bond motifs is 1. The number of rotatable bonds is 11. The second kappa shape index (κ2) is 13.9. The molecular formula is C30H44N6O5. The Balaban J connectivity index is 1.24. The highest BCUT2D eigenvalue weighted by Crippen LogP contribution is 2.31. The van der Waals surface area contributed by atoms with Crippen molar-refractivity contribution in [2.24, 2.45) is 5.92 Å². The highest BCUT2D eigenvalue weighted by atomic mass is 16.2. The molecule has 0 radical (unpaired) electrons. The van der Waals surface area contributed by atoms with E-state index in [-0.39, 0.29) is 54.3 Å². The van der Waals surface area contributed by atoms with Gasteiger partial charge in [0.25, 0.3) is 5.91 Å². The summed E-state index contributed by atoms with van der Waals surface area (Å²) in [5.41, 5.74) is 1.72. The van der Waals surface area contributed by atoms with E-state index in [9.17, 15) is 24.0 Å². The molecule has 0 saturated carbocycles. The number of nitrogens with one attached hydrogen (secondary N) is 3. The Bertz CT molecular complexity index is 1120. The molecule has 11 nitrogen and oxygen atoms in total. The smallest absolute Gasteiger partial charge is 0.251 e. The number of hydrogen-bond donors (Lipinski definition) is 3. The molecule has 41 heavy (non-hydrogen) atoms.